The summed E-state index contributed by atoms with van der Waals surface area (Å²) in [6.45, 7) is 6.89. The van der Waals surface area contributed by atoms with E-state index in [4.69, 9.17) is 4.74 Å². The summed E-state index contributed by atoms with van der Waals surface area (Å²) in [6, 6.07) is 5.18. The number of esters is 1. The number of hydrogen-bond donors (Lipinski definition) is 1. The molecule has 0 saturated carbocycles. The van der Waals surface area contributed by atoms with Gasteiger partial charge in [-0.05, 0) is 57.6 Å². The van der Waals surface area contributed by atoms with E-state index in [9.17, 15) is 19.5 Å². The molecule has 7 nitrogen and oxygen atoms in total. The Balaban J connectivity index is 1.65. The van der Waals surface area contributed by atoms with Gasteiger partial charge in [-0.25, -0.2) is 0 Å². The number of thioether (sulfide) groups is 1. The molecule has 4 aliphatic heterocycles. The number of benzene rings is 1. The standard InChI is InChI=1S/C29H36N2O5S/c1-19-11-8-12-20(2)23(19)30-15-9-14-29-21(25(33)31(16-10-17-32)24(29)26(30)34)22-27(35)36-18-7-5-4-6-13-28(22,3)37-29/h6,8-9,11-14,21-22,24,32H,4-5,7,10,15-18H2,1-3H3/b13-6-/t21-,22+,24?,28-,29-/m0/s1. The van der Waals surface area contributed by atoms with Gasteiger partial charge in [0.25, 0.3) is 5.91 Å². The van der Waals surface area contributed by atoms with Crippen molar-refractivity contribution in [3.63, 3.8) is 0 Å². The van der Waals surface area contributed by atoms with E-state index in [1.807, 2.05) is 51.1 Å². The third-order valence-corrected chi connectivity index (χ3v) is 10.1. The molecule has 198 valence electrons. The Morgan fingerprint density at radius 2 is 1.81 bits per heavy atom. The van der Waals surface area contributed by atoms with Crippen molar-refractivity contribution >= 4 is 35.2 Å². The Morgan fingerprint density at radius 1 is 1.05 bits per heavy atom. The van der Waals surface area contributed by atoms with Crippen LogP contribution in [0.25, 0.3) is 0 Å². The van der Waals surface area contributed by atoms with E-state index in [1.165, 1.54) is 0 Å². The van der Waals surface area contributed by atoms with Crippen LogP contribution >= 0.6 is 11.8 Å². The van der Waals surface area contributed by atoms with Gasteiger partial charge in [0.2, 0.25) is 5.91 Å². The normalized spacial score (nSPS) is 34.5. The van der Waals surface area contributed by atoms with Gasteiger partial charge in [-0.1, -0.05) is 42.5 Å². The van der Waals surface area contributed by atoms with Gasteiger partial charge < -0.3 is 19.6 Å². The van der Waals surface area contributed by atoms with Crippen LogP contribution in [-0.4, -0.2) is 69.6 Å². The molecule has 5 rings (SSSR count). The maximum Gasteiger partial charge on any atom is 0.311 e. The van der Waals surface area contributed by atoms with Gasteiger partial charge in [0.05, 0.1) is 23.2 Å². The number of nitrogens with zero attached hydrogens (tertiary/aromatic N) is 2. The molecule has 1 spiro atoms. The third kappa shape index (κ3) is 4.13. The van der Waals surface area contributed by atoms with E-state index in [2.05, 4.69) is 12.2 Å². The molecular weight excluding hydrogens is 488 g/mol. The zero-order valence-corrected chi connectivity index (χ0v) is 22.6. The average Bonchev–Trinajstić information content (AvgIpc) is 3.18. The molecule has 8 heteroatoms. The lowest BCUT2D eigenvalue weighted by molar-refractivity contribution is -0.154. The summed E-state index contributed by atoms with van der Waals surface area (Å²) in [5.41, 5.74) is 2.85. The van der Waals surface area contributed by atoms with Crippen LogP contribution in [0, 0.1) is 25.7 Å². The highest BCUT2D eigenvalue weighted by molar-refractivity contribution is 8.02. The summed E-state index contributed by atoms with van der Waals surface area (Å²) in [5, 5.41) is 9.60. The summed E-state index contributed by atoms with van der Waals surface area (Å²) in [7, 11) is 0. The molecule has 37 heavy (non-hydrogen) atoms. The zero-order chi connectivity index (χ0) is 26.4. The molecular formula is C29H36N2O5S. The molecule has 0 aliphatic carbocycles. The van der Waals surface area contributed by atoms with Gasteiger partial charge in [-0.15, -0.1) is 11.8 Å². The van der Waals surface area contributed by atoms with Crippen molar-refractivity contribution in [1.82, 2.24) is 4.90 Å². The molecule has 2 saturated heterocycles. The Morgan fingerprint density at radius 3 is 2.54 bits per heavy atom. The summed E-state index contributed by atoms with van der Waals surface area (Å²) in [4.78, 5) is 45.6. The van der Waals surface area contributed by atoms with Crippen molar-refractivity contribution in [2.75, 3.05) is 31.2 Å². The molecule has 2 fully saturated rings. The van der Waals surface area contributed by atoms with Crippen molar-refractivity contribution in [3.05, 3.63) is 53.6 Å². The van der Waals surface area contributed by atoms with Crippen LogP contribution in [0.1, 0.15) is 43.7 Å². The molecule has 1 unspecified atom stereocenters. The molecule has 0 aromatic heterocycles. The number of carbonyl (C=O) groups excluding carboxylic acids is 3. The minimum Gasteiger partial charge on any atom is -0.465 e. The fraction of sp³-hybridized carbons (Fsp3) is 0.552. The maximum atomic E-state index is 14.5. The number of likely N-dealkylation sites (tertiary alicyclic amines) is 1. The first-order valence-electron chi connectivity index (χ1n) is 13.3. The van der Waals surface area contributed by atoms with Gasteiger partial charge >= 0.3 is 5.97 Å². The quantitative estimate of drug-likeness (QED) is 0.479. The van der Waals surface area contributed by atoms with E-state index in [0.717, 1.165) is 36.1 Å². The van der Waals surface area contributed by atoms with Crippen LogP contribution in [-0.2, 0) is 19.1 Å². The number of aliphatic hydroxyl groups is 1. The molecule has 2 amide bonds. The van der Waals surface area contributed by atoms with Crippen LogP contribution < -0.4 is 4.90 Å². The number of aryl methyl sites for hydroxylation is 2. The first-order chi connectivity index (χ1) is 17.7. The number of amides is 2. The van der Waals surface area contributed by atoms with Crippen molar-refractivity contribution in [2.45, 2.75) is 62.0 Å². The Bertz CT molecular complexity index is 1140. The van der Waals surface area contributed by atoms with Gasteiger partial charge in [0.1, 0.15) is 6.04 Å². The SMILES string of the molecule is Cc1cccc(C)c1N1CC=C[C@]23S[C@@]4(C)/C=C\CCCCOC(=O)[C@H]4[C@H]2C(=O)N(CCCO)C3C1=O. The van der Waals surface area contributed by atoms with Crippen LogP contribution in [0.15, 0.2) is 42.5 Å². The minimum atomic E-state index is -0.911. The maximum absolute atomic E-state index is 14.5. The van der Waals surface area contributed by atoms with Gasteiger partial charge in [-0.3, -0.25) is 14.4 Å². The fourth-order valence-corrected chi connectivity index (χ4v) is 8.86. The van der Waals surface area contributed by atoms with Gasteiger partial charge in [0, 0.05) is 30.1 Å². The van der Waals surface area contributed by atoms with E-state index < -0.39 is 27.4 Å². The van der Waals surface area contributed by atoms with Crippen molar-refractivity contribution in [3.8, 4) is 0 Å². The van der Waals surface area contributed by atoms with Crippen LogP contribution in [0.5, 0.6) is 0 Å². The lowest BCUT2D eigenvalue weighted by atomic mass is 9.74. The highest BCUT2D eigenvalue weighted by atomic mass is 32.2. The smallest absolute Gasteiger partial charge is 0.311 e. The van der Waals surface area contributed by atoms with E-state index in [-0.39, 0.29) is 30.9 Å². The monoisotopic (exact) mass is 524 g/mol. The fourth-order valence-electron chi connectivity index (χ4n) is 6.71. The van der Waals surface area contributed by atoms with Gasteiger partial charge in [-0.2, -0.15) is 0 Å². The largest absolute Gasteiger partial charge is 0.465 e. The highest BCUT2D eigenvalue weighted by Gasteiger charge is 2.73. The summed E-state index contributed by atoms with van der Waals surface area (Å²) >= 11 is 1.56. The first kappa shape index (κ1) is 26.0. The predicted octanol–water partition coefficient (Wildman–Crippen LogP) is 3.56. The number of hydrogen-bond acceptors (Lipinski definition) is 6. The molecule has 1 N–H and O–H groups in total. The molecule has 1 aromatic rings. The topological polar surface area (TPSA) is 87.2 Å². The predicted molar refractivity (Wildman–Crippen MR) is 144 cm³/mol. The number of carbonyl (C=O) groups is 3. The van der Waals surface area contributed by atoms with E-state index in [1.54, 1.807) is 21.6 Å². The highest BCUT2D eigenvalue weighted by Crippen LogP contribution is 2.65. The lowest BCUT2D eigenvalue weighted by Gasteiger charge is -2.37. The molecule has 1 aromatic carbocycles. The second-order valence-corrected chi connectivity index (χ2v) is 12.6. The number of para-hydroxylation sites is 1. The number of fused-ring (bicyclic) bond motifs is 2. The number of anilines is 1. The summed E-state index contributed by atoms with van der Waals surface area (Å²) in [5.74, 6) is -2.14. The number of ether oxygens (including phenoxy) is 1. The molecule has 4 heterocycles. The van der Waals surface area contributed by atoms with Crippen molar-refractivity contribution in [2.24, 2.45) is 11.8 Å². The van der Waals surface area contributed by atoms with E-state index in [0.29, 0.717) is 19.6 Å². The van der Waals surface area contributed by atoms with Crippen LogP contribution in [0.4, 0.5) is 5.69 Å². The Labute approximate surface area is 222 Å². The second-order valence-electron chi connectivity index (χ2n) is 10.8. The Hall–Kier alpha value is -2.58. The summed E-state index contributed by atoms with van der Waals surface area (Å²) in [6.07, 6.45) is 11.2. The second kappa shape index (κ2) is 9.95. The molecule has 4 aliphatic rings. The van der Waals surface area contributed by atoms with Crippen LogP contribution in [0.3, 0.4) is 0 Å². The average molecular weight is 525 g/mol. The number of allylic oxidation sites excluding steroid dienone is 1. The van der Waals surface area contributed by atoms with Gasteiger partial charge in [0.15, 0.2) is 0 Å². The Kier molecular flexibility index (Phi) is 7.00. The number of aliphatic hydroxyl groups excluding tert-OH is 1. The number of cyclic esters (lactones) is 1. The first-order valence-corrected chi connectivity index (χ1v) is 14.1. The van der Waals surface area contributed by atoms with E-state index >= 15 is 0 Å². The zero-order valence-electron chi connectivity index (χ0n) is 21.8. The lowest BCUT2D eigenvalue weighted by Crippen LogP contribution is -2.54. The van der Waals surface area contributed by atoms with Crippen LogP contribution in [0.2, 0.25) is 0 Å². The van der Waals surface area contributed by atoms with Crippen molar-refractivity contribution < 1.29 is 24.2 Å². The molecule has 0 radical (unpaired) electrons. The number of rotatable bonds is 4. The van der Waals surface area contributed by atoms with Crippen molar-refractivity contribution in [1.29, 1.82) is 0 Å². The molecule has 0 bridgehead atoms. The summed E-state index contributed by atoms with van der Waals surface area (Å²) < 4.78 is 4.11. The third-order valence-electron chi connectivity index (χ3n) is 8.27. The minimum absolute atomic E-state index is 0.0854. The molecule has 5 atom stereocenters.